The summed E-state index contributed by atoms with van der Waals surface area (Å²) >= 11 is 0. The highest BCUT2D eigenvalue weighted by molar-refractivity contribution is 5.92. The van der Waals surface area contributed by atoms with E-state index in [1.165, 1.54) is 6.07 Å². The van der Waals surface area contributed by atoms with Crippen LogP contribution in [0.3, 0.4) is 0 Å². The highest BCUT2D eigenvalue weighted by atomic mass is 19.1. The fraction of sp³-hybridized carbons (Fsp3) is 0.524. The van der Waals surface area contributed by atoms with Crippen molar-refractivity contribution in [1.29, 1.82) is 0 Å². The topological polar surface area (TPSA) is 101 Å². The summed E-state index contributed by atoms with van der Waals surface area (Å²) in [6, 6.07) is 3.27. The molecule has 160 valence electrons. The molecule has 0 radical (unpaired) electrons. The number of anilines is 2. The molecule has 3 N–H and O–H groups in total. The maximum atomic E-state index is 14.5. The summed E-state index contributed by atoms with van der Waals surface area (Å²) in [5, 5.41) is 17.5. The zero-order chi connectivity index (χ0) is 20.8. The molecule has 8 nitrogen and oxygen atoms in total. The molecule has 4 heterocycles. The molecule has 2 aliphatic heterocycles. The first-order chi connectivity index (χ1) is 14.7. The Kier molecular flexibility index (Phi) is 6.81. The number of nitrogens with one attached hydrogen (secondary N) is 3. The second kappa shape index (κ2) is 9.90. The third-order valence-corrected chi connectivity index (χ3v) is 5.64. The molecule has 0 spiro atoms. The number of aromatic nitrogens is 3. The molecule has 30 heavy (non-hydrogen) atoms. The third kappa shape index (κ3) is 5.28. The smallest absolute Gasteiger partial charge is 0.229 e. The Morgan fingerprint density at radius 3 is 2.90 bits per heavy atom. The zero-order valence-corrected chi connectivity index (χ0v) is 16.9. The Balaban J connectivity index is 1.45. The lowest BCUT2D eigenvalue weighted by Crippen LogP contribution is -2.37. The van der Waals surface area contributed by atoms with Gasteiger partial charge in [-0.15, -0.1) is 0 Å². The molecule has 2 fully saturated rings. The summed E-state index contributed by atoms with van der Waals surface area (Å²) in [7, 11) is 0. The molecular weight excluding hydrogens is 387 g/mol. The molecular formula is C21H27FN6O2. The Hall–Kier alpha value is -2.65. The number of piperidine rings is 1. The minimum absolute atomic E-state index is 0.105. The van der Waals surface area contributed by atoms with Crippen LogP contribution >= 0.6 is 0 Å². The van der Waals surface area contributed by atoms with E-state index in [1.807, 2.05) is 0 Å². The summed E-state index contributed by atoms with van der Waals surface area (Å²) < 4.78 is 19.9. The van der Waals surface area contributed by atoms with Gasteiger partial charge in [-0.3, -0.25) is 4.79 Å². The van der Waals surface area contributed by atoms with E-state index < -0.39 is 5.82 Å². The normalized spacial score (nSPS) is 20.0. The summed E-state index contributed by atoms with van der Waals surface area (Å²) in [6.07, 6.45) is 6.57. The van der Waals surface area contributed by atoms with E-state index in [1.54, 1.807) is 12.3 Å². The molecule has 0 aliphatic carbocycles. The van der Waals surface area contributed by atoms with Gasteiger partial charge in [0.1, 0.15) is 5.82 Å². The monoisotopic (exact) mass is 414 g/mol. The minimum Gasteiger partial charge on any atom is -0.383 e. The van der Waals surface area contributed by atoms with Gasteiger partial charge in [0.15, 0.2) is 5.82 Å². The molecule has 2 aromatic heterocycles. The molecule has 4 rings (SSSR count). The van der Waals surface area contributed by atoms with Crippen molar-refractivity contribution in [3.8, 4) is 11.3 Å². The van der Waals surface area contributed by atoms with Crippen LogP contribution in [-0.2, 0) is 9.53 Å². The van der Waals surface area contributed by atoms with Crippen molar-refractivity contribution < 1.29 is 13.9 Å². The SMILES string of the molecule is O=C(Nc1cc(-c2cc(NCC3CCOCC3)cnn2)c(F)cn1)C1CCCNC1. The van der Waals surface area contributed by atoms with Gasteiger partial charge in [-0.2, -0.15) is 10.2 Å². The summed E-state index contributed by atoms with van der Waals surface area (Å²) in [6.45, 7) is 3.97. The van der Waals surface area contributed by atoms with Gasteiger partial charge in [0.25, 0.3) is 0 Å². The summed E-state index contributed by atoms with van der Waals surface area (Å²) in [5.41, 5.74) is 1.42. The van der Waals surface area contributed by atoms with Gasteiger partial charge in [-0.25, -0.2) is 9.37 Å². The average molecular weight is 414 g/mol. The Labute approximate surface area is 175 Å². The Morgan fingerprint density at radius 2 is 2.10 bits per heavy atom. The molecule has 2 aliphatic rings. The van der Waals surface area contributed by atoms with E-state index in [9.17, 15) is 9.18 Å². The van der Waals surface area contributed by atoms with Crippen molar-refractivity contribution in [3.05, 3.63) is 30.3 Å². The molecule has 2 aromatic rings. The number of carbonyl (C=O) groups excluding carboxylic acids is 1. The van der Waals surface area contributed by atoms with Gasteiger partial charge in [-0.05, 0) is 50.3 Å². The molecule has 0 saturated carbocycles. The number of amides is 1. The lowest BCUT2D eigenvalue weighted by molar-refractivity contribution is -0.120. The molecule has 0 aromatic carbocycles. The quantitative estimate of drug-likeness (QED) is 0.667. The fourth-order valence-corrected chi connectivity index (χ4v) is 3.81. The first-order valence-electron chi connectivity index (χ1n) is 10.5. The van der Waals surface area contributed by atoms with Crippen molar-refractivity contribution >= 4 is 17.4 Å². The van der Waals surface area contributed by atoms with Crippen LogP contribution in [0.1, 0.15) is 25.7 Å². The highest BCUT2D eigenvalue weighted by Crippen LogP contribution is 2.25. The van der Waals surface area contributed by atoms with Crippen LogP contribution in [0.15, 0.2) is 24.5 Å². The van der Waals surface area contributed by atoms with Gasteiger partial charge in [0.2, 0.25) is 5.91 Å². The van der Waals surface area contributed by atoms with E-state index in [-0.39, 0.29) is 17.4 Å². The highest BCUT2D eigenvalue weighted by Gasteiger charge is 2.22. The number of nitrogens with zero attached hydrogens (tertiary/aromatic N) is 3. The van der Waals surface area contributed by atoms with Crippen LogP contribution in [0.5, 0.6) is 0 Å². The lowest BCUT2D eigenvalue weighted by atomic mass is 9.99. The number of carbonyl (C=O) groups is 1. The van der Waals surface area contributed by atoms with Crippen LogP contribution in [0.4, 0.5) is 15.9 Å². The maximum absolute atomic E-state index is 14.5. The second-order valence-corrected chi connectivity index (χ2v) is 7.85. The number of hydrogen-bond acceptors (Lipinski definition) is 7. The zero-order valence-electron chi connectivity index (χ0n) is 16.9. The molecule has 2 saturated heterocycles. The van der Waals surface area contributed by atoms with E-state index in [2.05, 4.69) is 31.1 Å². The molecule has 1 unspecified atom stereocenters. The number of rotatable bonds is 6. The maximum Gasteiger partial charge on any atom is 0.229 e. The average Bonchev–Trinajstić information content (AvgIpc) is 2.80. The number of pyridine rings is 1. The van der Waals surface area contributed by atoms with Crippen LogP contribution in [-0.4, -0.2) is 53.9 Å². The van der Waals surface area contributed by atoms with Gasteiger partial charge in [0.05, 0.1) is 29.7 Å². The van der Waals surface area contributed by atoms with Gasteiger partial charge in [0, 0.05) is 31.9 Å². The number of hydrogen-bond donors (Lipinski definition) is 3. The first-order valence-corrected chi connectivity index (χ1v) is 10.5. The Morgan fingerprint density at radius 1 is 1.23 bits per heavy atom. The van der Waals surface area contributed by atoms with Crippen molar-refractivity contribution in [2.24, 2.45) is 11.8 Å². The first kappa shape index (κ1) is 20.6. The van der Waals surface area contributed by atoms with Crippen LogP contribution < -0.4 is 16.0 Å². The van der Waals surface area contributed by atoms with Crippen molar-refractivity contribution in [1.82, 2.24) is 20.5 Å². The van der Waals surface area contributed by atoms with Gasteiger partial charge in [-0.1, -0.05) is 0 Å². The predicted molar refractivity (Wildman–Crippen MR) is 111 cm³/mol. The van der Waals surface area contributed by atoms with Gasteiger partial charge >= 0.3 is 0 Å². The summed E-state index contributed by atoms with van der Waals surface area (Å²) in [5.74, 6) is 0.133. The lowest BCUT2D eigenvalue weighted by Gasteiger charge is -2.22. The van der Waals surface area contributed by atoms with Crippen molar-refractivity contribution in [3.63, 3.8) is 0 Å². The standard InChI is InChI=1S/C21H27FN6O2/c22-18-13-25-20(27-21(29)15-2-1-5-23-11-15)9-17(18)19-8-16(12-26-28-19)24-10-14-3-6-30-7-4-14/h8-9,12-15,23H,1-7,10-11H2,(H,24,28)(H,25,27,29). The van der Waals surface area contributed by atoms with Crippen LogP contribution in [0, 0.1) is 17.7 Å². The number of halogens is 1. The molecule has 1 atom stereocenters. The van der Waals surface area contributed by atoms with Crippen LogP contribution in [0.25, 0.3) is 11.3 Å². The van der Waals surface area contributed by atoms with E-state index in [4.69, 9.17) is 4.74 Å². The Bertz CT molecular complexity index is 868. The third-order valence-electron chi connectivity index (χ3n) is 5.64. The molecule has 1 amide bonds. The molecule has 9 heteroatoms. The summed E-state index contributed by atoms with van der Waals surface area (Å²) in [4.78, 5) is 16.5. The van der Waals surface area contributed by atoms with E-state index in [0.29, 0.717) is 24.0 Å². The minimum atomic E-state index is -0.511. The number of ether oxygens (including phenoxy) is 1. The van der Waals surface area contributed by atoms with E-state index >= 15 is 0 Å². The predicted octanol–water partition coefficient (Wildman–Crippen LogP) is 2.45. The largest absolute Gasteiger partial charge is 0.383 e. The van der Waals surface area contributed by atoms with Gasteiger partial charge < -0.3 is 20.7 Å². The van der Waals surface area contributed by atoms with Crippen molar-refractivity contribution in [2.45, 2.75) is 25.7 Å². The van der Waals surface area contributed by atoms with Crippen molar-refractivity contribution in [2.75, 3.05) is 43.5 Å². The fourth-order valence-electron chi connectivity index (χ4n) is 3.81. The second-order valence-electron chi connectivity index (χ2n) is 7.85. The van der Waals surface area contributed by atoms with E-state index in [0.717, 1.165) is 63.9 Å². The molecule has 0 bridgehead atoms. The van der Waals surface area contributed by atoms with Crippen LogP contribution in [0.2, 0.25) is 0 Å².